The van der Waals surface area contributed by atoms with Gasteiger partial charge in [-0.15, -0.1) is 0 Å². The molecule has 0 bridgehead atoms. The van der Waals surface area contributed by atoms with Gasteiger partial charge in [0.25, 0.3) is 0 Å². The van der Waals surface area contributed by atoms with E-state index < -0.39 is 18.1 Å². The van der Waals surface area contributed by atoms with Crippen molar-refractivity contribution in [2.45, 2.75) is 43.9 Å². The van der Waals surface area contributed by atoms with Crippen LogP contribution < -0.4 is 16.0 Å². The van der Waals surface area contributed by atoms with Crippen LogP contribution in [0.2, 0.25) is 0 Å². The van der Waals surface area contributed by atoms with E-state index in [9.17, 15) is 9.59 Å². The lowest BCUT2D eigenvalue weighted by Crippen LogP contribution is -2.48. The molecule has 4 N–H and O–H groups in total. The summed E-state index contributed by atoms with van der Waals surface area (Å²) in [6.45, 7) is 3.41. The Morgan fingerprint density at radius 3 is 2.28 bits per heavy atom. The minimum absolute atomic E-state index is 0.0425. The Hall–Kier alpha value is -4.92. The number of hydrogen-bond donors (Lipinski definition) is 4. The maximum absolute atomic E-state index is 14.0. The molecule has 0 spiro atoms. The van der Waals surface area contributed by atoms with Crippen LogP contribution in [0, 0.1) is 6.92 Å². The first-order chi connectivity index (χ1) is 22.5. The third-order valence-electron chi connectivity index (χ3n) is 8.67. The van der Waals surface area contributed by atoms with Crippen molar-refractivity contribution in [3.05, 3.63) is 137 Å². The molecule has 1 aliphatic heterocycles. The Morgan fingerprint density at radius 2 is 1.61 bits per heavy atom. The lowest BCUT2D eigenvalue weighted by atomic mass is 9.84. The molecule has 1 aliphatic rings. The Labute approximate surface area is 269 Å². The van der Waals surface area contributed by atoms with Gasteiger partial charge in [-0.2, -0.15) is 0 Å². The number of fused-ring (bicyclic) bond motifs is 1. The zero-order chi connectivity index (χ0) is 31.9. The number of anilines is 1. The van der Waals surface area contributed by atoms with Crippen LogP contribution in [0.1, 0.15) is 46.3 Å². The summed E-state index contributed by atoms with van der Waals surface area (Å²) >= 11 is 0. The molecule has 5 aromatic rings. The van der Waals surface area contributed by atoms with Crippen molar-refractivity contribution in [2.24, 2.45) is 0 Å². The number of alkyl carbamates (subject to hydrolysis) is 1. The van der Waals surface area contributed by atoms with Crippen molar-refractivity contribution >= 4 is 28.6 Å². The number of rotatable bonds is 10. The van der Waals surface area contributed by atoms with E-state index in [0.717, 1.165) is 47.3 Å². The van der Waals surface area contributed by atoms with Crippen molar-refractivity contribution in [3.63, 3.8) is 0 Å². The van der Waals surface area contributed by atoms with E-state index in [1.807, 2.05) is 84.9 Å². The molecule has 0 radical (unpaired) electrons. The highest BCUT2D eigenvalue weighted by Crippen LogP contribution is 2.30. The van der Waals surface area contributed by atoms with Gasteiger partial charge in [0.1, 0.15) is 6.04 Å². The van der Waals surface area contributed by atoms with E-state index in [0.29, 0.717) is 12.3 Å². The second-order valence-corrected chi connectivity index (χ2v) is 11.8. The van der Waals surface area contributed by atoms with Crippen LogP contribution in [0.25, 0.3) is 10.9 Å². The number of H-pyrrole nitrogens is 1. The van der Waals surface area contributed by atoms with Gasteiger partial charge in [0.05, 0.1) is 25.9 Å². The average Bonchev–Trinajstić information content (AvgIpc) is 3.52. The predicted molar refractivity (Wildman–Crippen MR) is 181 cm³/mol. The zero-order valence-electron chi connectivity index (χ0n) is 26.2. The molecule has 1 saturated heterocycles. The van der Waals surface area contributed by atoms with Gasteiger partial charge in [-0.25, -0.2) is 4.79 Å². The molecule has 0 unspecified atom stereocenters. The largest absolute Gasteiger partial charge is 0.453 e. The number of ether oxygens (including phenoxy) is 2. The van der Waals surface area contributed by atoms with Gasteiger partial charge >= 0.3 is 6.09 Å². The molecule has 4 aromatic carbocycles. The molecule has 6 rings (SSSR count). The van der Waals surface area contributed by atoms with Crippen LogP contribution in [-0.2, 0) is 20.7 Å². The van der Waals surface area contributed by atoms with Crippen molar-refractivity contribution in [3.8, 4) is 0 Å². The monoisotopic (exact) mass is 616 g/mol. The Kier molecular flexibility index (Phi) is 9.76. The van der Waals surface area contributed by atoms with Crippen LogP contribution in [-0.4, -0.2) is 49.4 Å². The number of amides is 2. The summed E-state index contributed by atoms with van der Waals surface area (Å²) in [6.07, 6.45) is 0.877. The molecule has 1 fully saturated rings. The van der Waals surface area contributed by atoms with Gasteiger partial charge in [-0.3, -0.25) is 4.79 Å². The highest BCUT2D eigenvalue weighted by molar-refractivity contribution is 5.98. The Morgan fingerprint density at radius 1 is 0.913 bits per heavy atom. The first-order valence-electron chi connectivity index (χ1n) is 15.8. The standard InChI is InChI=1S/C38H40N4O4/c1-25-17-20-32-29(21-25)22-33(40-32)34-24-46-30(23-39-34)19-18-26-11-9-10-16-31(26)41-37(43)36(42-38(44)45-2)35(27-12-5-3-6-13-27)28-14-7-4-8-15-28/h3-17,20-22,30,34-36,39-40H,18-19,23-24H2,1-2H3,(H,41,43)(H,42,44)/t30-,34+,36+/m1/s1. The van der Waals surface area contributed by atoms with Crippen LogP contribution in [0.4, 0.5) is 10.5 Å². The first kappa shape index (κ1) is 31.1. The average molecular weight is 617 g/mol. The molecule has 3 atom stereocenters. The third kappa shape index (κ3) is 7.30. The number of aryl methyl sites for hydroxylation is 2. The predicted octanol–water partition coefficient (Wildman–Crippen LogP) is 6.63. The number of nitrogens with one attached hydrogen (secondary N) is 4. The molecule has 2 heterocycles. The topological polar surface area (TPSA) is 104 Å². The highest BCUT2D eigenvalue weighted by atomic mass is 16.5. The van der Waals surface area contributed by atoms with E-state index in [4.69, 9.17) is 9.47 Å². The van der Waals surface area contributed by atoms with Crippen molar-refractivity contribution in [2.75, 3.05) is 25.6 Å². The summed E-state index contributed by atoms with van der Waals surface area (Å²) in [5.74, 6) is -0.771. The fourth-order valence-electron chi connectivity index (χ4n) is 6.24. The van der Waals surface area contributed by atoms with E-state index in [1.165, 1.54) is 18.1 Å². The number of morpholine rings is 1. The van der Waals surface area contributed by atoms with E-state index >= 15 is 0 Å². The van der Waals surface area contributed by atoms with Gasteiger partial charge in [-0.1, -0.05) is 90.5 Å². The highest BCUT2D eigenvalue weighted by Gasteiger charge is 2.33. The SMILES string of the molecule is COC(=O)N[C@H](C(=O)Nc1ccccc1CC[C@@H]1CN[C@H](c2cc3cc(C)ccc3[nH]2)CO1)C(c1ccccc1)c1ccccc1. The molecule has 0 aliphatic carbocycles. The van der Waals surface area contributed by atoms with Gasteiger partial charge in [0, 0.05) is 29.4 Å². The number of hydrogen-bond acceptors (Lipinski definition) is 5. The molecular weight excluding hydrogens is 576 g/mol. The molecule has 2 amide bonds. The fraction of sp³-hybridized carbons (Fsp3) is 0.263. The quantitative estimate of drug-likeness (QED) is 0.141. The number of para-hydroxylation sites is 1. The first-order valence-corrected chi connectivity index (χ1v) is 15.8. The number of carbonyl (C=O) groups excluding carboxylic acids is 2. The second-order valence-electron chi connectivity index (χ2n) is 11.8. The minimum atomic E-state index is -0.929. The number of benzene rings is 4. The van der Waals surface area contributed by atoms with E-state index in [-0.39, 0.29) is 18.1 Å². The van der Waals surface area contributed by atoms with Gasteiger partial charge < -0.3 is 30.4 Å². The van der Waals surface area contributed by atoms with Crippen LogP contribution in [0.3, 0.4) is 0 Å². The van der Waals surface area contributed by atoms with Crippen molar-refractivity contribution in [1.82, 2.24) is 15.6 Å². The van der Waals surface area contributed by atoms with Crippen LogP contribution in [0.5, 0.6) is 0 Å². The lowest BCUT2D eigenvalue weighted by Gasteiger charge is -2.30. The fourth-order valence-corrected chi connectivity index (χ4v) is 6.24. The summed E-state index contributed by atoms with van der Waals surface area (Å²) in [7, 11) is 1.30. The summed E-state index contributed by atoms with van der Waals surface area (Å²) in [4.78, 5) is 30.1. The number of aromatic amines is 1. The second kappa shape index (κ2) is 14.5. The number of aromatic nitrogens is 1. The maximum atomic E-state index is 14.0. The number of carbonyl (C=O) groups is 2. The summed E-state index contributed by atoms with van der Waals surface area (Å²) in [6, 6.07) is 35.0. The lowest BCUT2D eigenvalue weighted by molar-refractivity contribution is -0.118. The maximum Gasteiger partial charge on any atom is 0.407 e. The van der Waals surface area contributed by atoms with Gasteiger partial charge in [0.15, 0.2) is 0 Å². The third-order valence-corrected chi connectivity index (χ3v) is 8.67. The Bertz CT molecular complexity index is 1720. The molecule has 8 heteroatoms. The van der Waals surface area contributed by atoms with Crippen LogP contribution in [0.15, 0.2) is 109 Å². The number of methoxy groups -OCH3 is 1. The minimum Gasteiger partial charge on any atom is -0.453 e. The summed E-state index contributed by atoms with van der Waals surface area (Å²) in [5, 5.41) is 10.8. The molecule has 0 saturated carbocycles. The van der Waals surface area contributed by atoms with Crippen LogP contribution >= 0.6 is 0 Å². The van der Waals surface area contributed by atoms with E-state index in [2.05, 4.69) is 52.1 Å². The smallest absolute Gasteiger partial charge is 0.407 e. The summed E-state index contributed by atoms with van der Waals surface area (Å²) in [5.41, 5.74) is 7.02. The summed E-state index contributed by atoms with van der Waals surface area (Å²) < 4.78 is 11.2. The van der Waals surface area contributed by atoms with Crippen molar-refractivity contribution < 1.29 is 19.1 Å². The zero-order valence-corrected chi connectivity index (χ0v) is 26.2. The normalized spacial score (nSPS) is 17.0. The van der Waals surface area contributed by atoms with Gasteiger partial charge in [0.2, 0.25) is 5.91 Å². The molecule has 1 aromatic heterocycles. The Balaban J connectivity index is 1.14. The molecule has 8 nitrogen and oxygen atoms in total. The molecule has 46 heavy (non-hydrogen) atoms. The molecule has 236 valence electrons. The van der Waals surface area contributed by atoms with E-state index in [1.54, 1.807) is 0 Å². The van der Waals surface area contributed by atoms with Gasteiger partial charge in [-0.05, 0) is 66.1 Å². The molecular formula is C38H40N4O4. The van der Waals surface area contributed by atoms with Crippen molar-refractivity contribution in [1.29, 1.82) is 0 Å².